The molecule has 0 radical (unpaired) electrons. The number of imidazole rings is 1. The van der Waals surface area contributed by atoms with E-state index in [2.05, 4.69) is 15.3 Å². The first-order valence-corrected chi connectivity index (χ1v) is 8.86. The summed E-state index contributed by atoms with van der Waals surface area (Å²) in [6, 6.07) is 14.5. The second-order valence-corrected chi connectivity index (χ2v) is 6.70. The van der Waals surface area contributed by atoms with Crippen molar-refractivity contribution < 1.29 is 9.18 Å². The van der Waals surface area contributed by atoms with Gasteiger partial charge in [0.15, 0.2) is 0 Å². The van der Waals surface area contributed by atoms with Gasteiger partial charge >= 0.3 is 0 Å². The number of carbonyl (C=O) groups is 1. The van der Waals surface area contributed by atoms with E-state index in [-0.39, 0.29) is 17.8 Å². The van der Waals surface area contributed by atoms with Gasteiger partial charge in [-0.15, -0.1) is 0 Å². The monoisotopic (exact) mass is 352 g/mol. The Morgan fingerprint density at radius 3 is 2.81 bits per heavy atom. The van der Waals surface area contributed by atoms with E-state index in [0.717, 1.165) is 28.8 Å². The van der Waals surface area contributed by atoms with Crippen LogP contribution in [-0.2, 0) is 17.8 Å². The summed E-state index contributed by atoms with van der Waals surface area (Å²) in [5, 5.41) is 3.42. The molecule has 26 heavy (non-hydrogen) atoms. The number of likely N-dealkylation sites (tertiary alicyclic amines) is 1. The average molecular weight is 352 g/mol. The van der Waals surface area contributed by atoms with E-state index in [1.54, 1.807) is 12.1 Å². The van der Waals surface area contributed by atoms with Gasteiger partial charge in [-0.25, -0.2) is 9.37 Å². The molecule has 0 spiro atoms. The first-order valence-electron chi connectivity index (χ1n) is 8.86. The lowest BCUT2D eigenvalue weighted by Crippen LogP contribution is -2.33. The van der Waals surface area contributed by atoms with E-state index < -0.39 is 0 Å². The van der Waals surface area contributed by atoms with E-state index >= 15 is 0 Å². The second kappa shape index (κ2) is 7.25. The molecule has 1 aliphatic rings. The number of halogens is 1. The van der Waals surface area contributed by atoms with Crippen molar-refractivity contribution in [2.45, 2.75) is 25.4 Å². The smallest absolute Gasteiger partial charge is 0.224 e. The van der Waals surface area contributed by atoms with Crippen molar-refractivity contribution in [3.63, 3.8) is 0 Å². The Morgan fingerprint density at radius 2 is 2.00 bits per heavy atom. The SMILES string of the molecule is O=C1C[C@@H](NCc2nc3ccccc3[nH]2)CN1CCc1ccc(F)cc1. The molecule has 1 atom stereocenters. The molecule has 5 nitrogen and oxygen atoms in total. The number of benzene rings is 2. The van der Waals surface area contributed by atoms with Gasteiger partial charge in [-0.1, -0.05) is 24.3 Å². The van der Waals surface area contributed by atoms with Crippen molar-refractivity contribution in [1.29, 1.82) is 0 Å². The molecule has 3 aromatic rings. The standard InChI is InChI=1S/C20H21FN4O/c21-15-7-5-14(6-8-15)9-10-25-13-16(11-20(25)26)22-12-19-23-17-3-1-2-4-18(17)24-19/h1-8,16,22H,9-13H2,(H,23,24)/t16-/m1/s1. The number of nitrogens with zero attached hydrogens (tertiary/aromatic N) is 2. The molecule has 0 unspecified atom stereocenters. The van der Waals surface area contributed by atoms with E-state index in [0.29, 0.717) is 26.1 Å². The molecule has 4 rings (SSSR count). The fourth-order valence-corrected chi connectivity index (χ4v) is 3.37. The maximum absolute atomic E-state index is 13.0. The van der Waals surface area contributed by atoms with Crippen LogP contribution in [0.3, 0.4) is 0 Å². The highest BCUT2D eigenvalue weighted by Crippen LogP contribution is 2.14. The first-order chi connectivity index (χ1) is 12.7. The van der Waals surface area contributed by atoms with Gasteiger partial charge in [0.05, 0.1) is 17.6 Å². The molecule has 1 fully saturated rings. The molecular weight excluding hydrogens is 331 g/mol. The van der Waals surface area contributed by atoms with Crippen LogP contribution in [0.1, 0.15) is 17.8 Å². The summed E-state index contributed by atoms with van der Waals surface area (Å²) < 4.78 is 13.0. The Labute approximate surface area is 151 Å². The zero-order valence-electron chi connectivity index (χ0n) is 14.4. The minimum absolute atomic E-state index is 0.129. The number of nitrogens with one attached hydrogen (secondary N) is 2. The molecule has 1 saturated heterocycles. The van der Waals surface area contributed by atoms with Gasteiger partial charge in [-0.2, -0.15) is 0 Å². The summed E-state index contributed by atoms with van der Waals surface area (Å²) in [7, 11) is 0. The Hall–Kier alpha value is -2.73. The van der Waals surface area contributed by atoms with Crippen LogP contribution < -0.4 is 5.32 Å². The summed E-state index contributed by atoms with van der Waals surface area (Å²) in [5.41, 5.74) is 3.01. The summed E-state index contributed by atoms with van der Waals surface area (Å²) in [4.78, 5) is 21.9. The maximum Gasteiger partial charge on any atom is 0.224 e. The zero-order chi connectivity index (χ0) is 17.9. The summed E-state index contributed by atoms with van der Waals surface area (Å²) in [6.45, 7) is 1.96. The molecule has 2 N–H and O–H groups in total. The van der Waals surface area contributed by atoms with Crippen LogP contribution in [-0.4, -0.2) is 39.9 Å². The highest BCUT2D eigenvalue weighted by Gasteiger charge is 2.28. The van der Waals surface area contributed by atoms with Crippen molar-refractivity contribution in [3.05, 3.63) is 65.7 Å². The lowest BCUT2D eigenvalue weighted by molar-refractivity contribution is -0.127. The van der Waals surface area contributed by atoms with Crippen LogP contribution in [0, 0.1) is 5.82 Å². The van der Waals surface area contributed by atoms with Gasteiger partial charge in [-0.3, -0.25) is 4.79 Å². The molecule has 0 saturated carbocycles. The predicted octanol–water partition coefficient (Wildman–Crippen LogP) is 2.64. The third kappa shape index (κ3) is 3.75. The van der Waals surface area contributed by atoms with E-state index in [4.69, 9.17) is 0 Å². The average Bonchev–Trinajstić information content (AvgIpc) is 3.22. The van der Waals surface area contributed by atoms with Crippen molar-refractivity contribution in [2.24, 2.45) is 0 Å². The van der Waals surface area contributed by atoms with Gasteiger partial charge in [0.25, 0.3) is 0 Å². The van der Waals surface area contributed by atoms with Crippen LogP contribution >= 0.6 is 0 Å². The Morgan fingerprint density at radius 1 is 1.19 bits per heavy atom. The lowest BCUT2D eigenvalue weighted by atomic mass is 10.1. The van der Waals surface area contributed by atoms with Crippen LogP contribution in [0.4, 0.5) is 4.39 Å². The van der Waals surface area contributed by atoms with Gasteiger partial charge in [0.2, 0.25) is 5.91 Å². The Kier molecular flexibility index (Phi) is 4.67. The molecule has 1 aliphatic heterocycles. The van der Waals surface area contributed by atoms with Crippen molar-refractivity contribution in [3.8, 4) is 0 Å². The molecule has 2 aromatic carbocycles. The molecule has 0 aliphatic carbocycles. The number of carbonyl (C=O) groups excluding carboxylic acids is 1. The highest BCUT2D eigenvalue weighted by molar-refractivity contribution is 5.79. The second-order valence-electron chi connectivity index (χ2n) is 6.70. The predicted molar refractivity (Wildman–Crippen MR) is 98.0 cm³/mol. The fourth-order valence-electron chi connectivity index (χ4n) is 3.37. The Bertz CT molecular complexity index is 873. The quantitative estimate of drug-likeness (QED) is 0.717. The topological polar surface area (TPSA) is 61.0 Å². The first kappa shape index (κ1) is 16.7. The van der Waals surface area contributed by atoms with E-state index in [9.17, 15) is 9.18 Å². The molecule has 134 valence electrons. The van der Waals surface area contributed by atoms with Gasteiger partial charge in [-0.05, 0) is 36.2 Å². The number of aromatic amines is 1. The minimum atomic E-state index is -0.235. The molecule has 0 bridgehead atoms. The lowest BCUT2D eigenvalue weighted by Gasteiger charge is -2.17. The van der Waals surface area contributed by atoms with Crippen LogP contribution in [0.15, 0.2) is 48.5 Å². The molecule has 1 aromatic heterocycles. The number of rotatable bonds is 6. The van der Waals surface area contributed by atoms with Crippen molar-refractivity contribution >= 4 is 16.9 Å². The number of amides is 1. The normalized spacial score (nSPS) is 17.3. The van der Waals surface area contributed by atoms with Crippen LogP contribution in [0.25, 0.3) is 11.0 Å². The number of hydrogen-bond donors (Lipinski definition) is 2. The third-order valence-corrected chi connectivity index (χ3v) is 4.79. The van der Waals surface area contributed by atoms with Gasteiger partial charge in [0, 0.05) is 25.6 Å². The van der Waals surface area contributed by atoms with Gasteiger partial charge < -0.3 is 15.2 Å². The molecular formula is C20H21FN4O. The minimum Gasteiger partial charge on any atom is -0.341 e. The van der Waals surface area contributed by atoms with Crippen molar-refractivity contribution in [1.82, 2.24) is 20.2 Å². The van der Waals surface area contributed by atoms with Gasteiger partial charge in [0.1, 0.15) is 11.6 Å². The van der Waals surface area contributed by atoms with Crippen LogP contribution in [0.2, 0.25) is 0 Å². The largest absolute Gasteiger partial charge is 0.341 e. The third-order valence-electron chi connectivity index (χ3n) is 4.79. The maximum atomic E-state index is 13.0. The summed E-state index contributed by atoms with van der Waals surface area (Å²) >= 11 is 0. The highest BCUT2D eigenvalue weighted by atomic mass is 19.1. The number of H-pyrrole nitrogens is 1. The van der Waals surface area contributed by atoms with E-state index in [1.165, 1.54) is 12.1 Å². The zero-order valence-corrected chi connectivity index (χ0v) is 14.4. The van der Waals surface area contributed by atoms with E-state index in [1.807, 2.05) is 29.2 Å². The molecule has 2 heterocycles. The van der Waals surface area contributed by atoms with Crippen molar-refractivity contribution in [2.75, 3.05) is 13.1 Å². The Balaban J connectivity index is 1.29. The number of hydrogen-bond acceptors (Lipinski definition) is 3. The number of aromatic nitrogens is 2. The number of fused-ring (bicyclic) bond motifs is 1. The molecule has 1 amide bonds. The number of para-hydroxylation sites is 2. The summed E-state index contributed by atoms with van der Waals surface area (Å²) in [5.74, 6) is 0.804. The fraction of sp³-hybridized carbons (Fsp3) is 0.300. The summed E-state index contributed by atoms with van der Waals surface area (Å²) in [6.07, 6.45) is 1.24. The van der Waals surface area contributed by atoms with Crippen LogP contribution in [0.5, 0.6) is 0 Å². The molecule has 6 heteroatoms.